The molecule has 0 unspecified atom stereocenters. The number of hydrogen-bond acceptors (Lipinski definition) is 3. The van der Waals surface area contributed by atoms with E-state index in [9.17, 15) is 4.79 Å². The molecule has 0 aromatic carbocycles. The molecule has 1 aromatic rings. The second kappa shape index (κ2) is 5.09. The molecule has 13 heavy (non-hydrogen) atoms. The fourth-order valence-corrected chi connectivity index (χ4v) is 1.11. The minimum Gasteiger partial charge on any atom is -0.464 e. The summed E-state index contributed by atoms with van der Waals surface area (Å²) in [5.74, 6) is 0.534. The third kappa shape index (κ3) is 2.35. The maximum atomic E-state index is 11.0. The van der Waals surface area contributed by atoms with Gasteiger partial charge in [0.15, 0.2) is 0 Å². The molecular formula is C7H10Cl2N2O2. The number of alkyl halides is 1. The Labute approximate surface area is 87.3 Å². The van der Waals surface area contributed by atoms with Gasteiger partial charge in [-0.3, -0.25) is 0 Å². The highest BCUT2D eigenvalue weighted by molar-refractivity contribution is 6.16. The van der Waals surface area contributed by atoms with E-state index in [2.05, 4.69) is 9.72 Å². The van der Waals surface area contributed by atoms with Gasteiger partial charge in [-0.15, -0.1) is 24.0 Å². The van der Waals surface area contributed by atoms with Gasteiger partial charge >= 0.3 is 5.97 Å². The van der Waals surface area contributed by atoms with Crippen molar-refractivity contribution in [1.29, 1.82) is 0 Å². The topological polar surface area (TPSA) is 44.1 Å². The summed E-state index contributed by atoms with van der Waals surface area (Å²) in [6.45, 7) is 0. The van der Waals surface area contributed by atoms with Crippen LogP contribution in [0.5, 0.6) is 0 Å². The van der Waals surface area contributed by atoms with Gasteiger partial charge in [0.05, 0.1) is 19.2 Å². The zero-order valence-corrected chi connectivity index (χ0v) is 8.85. The minimum atomic E-state index is -0.402. The van der Waals surface area contributed by atoms with E-state index in [0.29, 0.717) is 11.5 Å². The van der Waals surface area contributed by atoms with Crippen LogP contribution in [0.25, 0.3) is 0 Å². The lowest BCUT2D eigenvalue weighted by molar-refractivity contribution is 0.0589. The van der Waals surface area contributed by atoms with E-state index in [1.54, 1.807) is 11.6 Å². The first-order valence-electron chi connectivity index (χ1n) is 3.35. The van der Waals surface area contributed by atoms with Crippen molar-refractivity contribution in [2.24, 2.45) is 7.05 Å². The Kier molecular flexibility index (Phi) is 4.80. The first kappa shape index (κ1) is 12.3. The second-order valence-electron chi connectivity index (χ2n) is 2.24. The van der Waals surface area contributed by atoms with Crippen LogP contribution >= 0.6 is 24.0 Å². The number of aromatic nitrogens is 2. The molecule has 0 amide bonds. The van der Waals surface area contributed by atoms with Crippen LogP contribution in [0.15, 0.2) is 6.20 Å². The average molecular weight is 225 g/mol. The first-order valence-corrected chi connectivity index (χ1v) is 3.89. The minimum absolute atomic E-state index is 0. The van der Waals surface area contributed by atoms with Gasteiger partial charge in [-0.1, -0.05) is 0 Å². The average Bonchev–Trinajstić information content (AvgIpc) is 2.45. The van der Waals surface area contributed by atoms with E-state index >= 15 is 0 Å². The van der Waals surface area contributed by atoms with Crippen LogP contribution in [0.2, 0.25) is 0 Å². The van der Waals surface area contributed by atoms with E-state index in [4.69, 9.17) is 11.6 Å². The van der Waals surface area contributed by atoms with Crippen molar-refractivity contribution in [1.82, 2.24) is 9.55 Å². The molecule has 0 spiro atoms. The van der Waals surface area contributed by atoms with E-state index in [0.717, 1.165) is 0 Å². The van der Waals surface area contributed by atoms with Gasteiger partial charge in [0.2, 0.25) is 0 Å². The summed E-state index contributed by atoms with van der Waals surface area (Å²) >= 11 is 5.56. The second-order valence-corrected chi connectivity index (χ2v) is 2.51. The Bertz CT molecular complexity index is 299. The highest BCUT2D eigenvalue weighted by Gasteiger charge is 2.12. The number of carbonyl (C=O) groups excluding carboxylic acids is 1. The molecule has 0 aliphatic rings. The normalized spacial score (nSPS) is 9.15. The summed E-state index contributed by atoms with van der Waals surface area (Å²) in [7, 11) is 3.05. The molecule has 0 radical (unpaired) electrons. The van der Waals surface area contributed by atoms with Gasteiger partial charge in [0, 0.05) is 7.05 Å². The monoisotopic (exact) mass is 224 g/mol. The largest absolute Gasteiger partial charge is 0.464 e. The predicted molar refractivity (Wildman–Crippen MR) is 51.4 cm³/mol. The number of halogens is 2. The van der Waals surface area contributed by atoms with Crippen molar-refractivity contribution < 1.29 is 9.53 Å². The van der Waals surface area contributed by atoms with Crippen molar-refractivity contribution in [2.45, 2.75) is 5.88 Å². The van der Waals surface area contributed by atoms with E-state index < -0.39 is 5.97 Å². The lowest BCUT2D eigenvalue weighted by atomic mass is 10.5. The molecule has 4 nitrogen and oxygen atoms in total. The lowest BCUT2D eigenvalue weighted by Crippen LogP contribution is -2.08. The van der Waals surface area contributed by atoms with Gasteiger partial charge in [-0.2, -0.15) is 0 Å². The number of imidazole rings is 1. The third-order valence-corrected chi connectivity index (χ3v) is 1.84. The Morgan fingerprint density at radius 1 is 1.77 bits per heavy atom. The first-order chi connectivity index (χ1) is 5.70. The van der Waals surface area contributed by atoms with Gasteiger partial charge in [0.1, 0.15) is 11.5 Å². The molecule has 0 saturated heterocycles. The fraction of sp³-hybridized carbons (Fsp3) is 0.429. The Hall–Kier alpha value is -0.740. The quantitative estimate of drug-likeness (QED) is 0.563. The molecule has 0 N–H and O–H groups in total. The Morgan fingerprint density at radius 3 is 2.77 bits per heavy atom. The summed E-state index contributed by atoms with van der Waals surface area (Å²) in [4.78, 5) is 15.0. The summed E-state index contributed by atoms with van der Waals surface area (Å²) < 4.78 is 6.14. The molecule has 6 heteroatoms. The van der Waals surface area contributed by atoms with Crippen LogP contribution in [-0.2, 0) is 17.7 Å². The van der Waals surface area contributed by atoms with Crippen LogP contribution in [0.1, 0.15) is 16.3 Å². The van der Waals surface area contributed by atoms with Gasteiger partial charge < -0.3 is 9.30 Å². The third-order valence-electron chi connectivity index (χ3n) is 1.60. The zero-order chi connectivity index (χ0) is 9.14. The number of ether oxygens (including phenoxy) is 1. The zero-order valence-electron chi connectivity index (χ0n) is 7.28. The van der Waals surface area contributed by atoms with E-state index in [1.807, 2.05) is 0 Å². The van der Waals surface area contributed by atoms with E-state index in [-0.39, 0.29) is 18.3 Å². The summed E-state index contributed by atoms with van der Waals surface area (Å²) in [6, 6.07) is 0. The number of nitrogens with zero attached hydrogens (tertiary/aromatic N) is 2. The molecule has 1 aromatic heterocycles. The van der Waals surface area contributed by atoms with Crippen LogP contribution < -0.4 is 0 Å². The van der Waals surface area contributed by atoms with Crippen LogP contribution in [0.3, 0.4) is 0 Å². The van der Waals surface area contributed by atoms with E-state index in [1.165, 1.54) is 13.3 Å². The van der Waals surface area contributed by atoms with Crippen molar-refractivity contribution >= 4 is 30.0 Å². The lowest BCUT2D eigenvalue weighted by Gasteiger charge is -2.00. The molecule has 0 aliphatic heterocycles. The fourth-order valence-electron chi connectivity index (χ4n) is 0.866. The number of hydrogen-bond donors (Lipinski definition) is 0. The molecule has 1 heterocycles. The highest BCUT2D eigenvalue weighted by Crippen LogP contribution is 2.06. The van der Waals surface area contributed by atoms with Gasteiger partial charge in [-0.05, 0) is 0 Å². The maximum absolute atomic E-state index is 11.0. The molecule has 0 fully saturated rings. The molecule has 74 valence electrons. The van der Waals surface area contributed by atoms with Crippen molar-refractivity contribution in [3.05, 3.63) is 17.7 Å². The number of esters is 1. The smallest absolute Gasteiger partial charge is 0.356 e. The summed E-state index contributed by atoms with van der Waals surface area (Å²) in [5, 5.41) is 0. The SMILES string of the molecule is COC(=O)c1cnc(CCl)n1C.Cl. The van der Waals surface area contributed by atoms with Crippen LogP contribution in [0, 0.1) is 0 Å². The summed E-state index contributed by atoms with van der Waals surface area (Å²) in [6.07, 6.45) is 1.45. The Balaban J connectivity index is 0.00000144. The highest BCUT2D eigenvalue weighted by atomic mass is 35.5. The van der Waals surface area contributed by atoms with Gasteiger partial charge in [0.25, 0.3) is 0 Å². The molecule has 1 rings (SSSR count). The molecule has 0 aliphatic carbocycles. The number of methoxy groups -OCH3 is 1. The van der Waals surface area contributed by atoms with Crippen molar-refractivity contribution in [2.75, 3.05) is 7.11 Å². The van der Waals surface area contributed by atoms with Crippen LogP contribution in [0.4, 0.5) is 0 Å². The van der Waals surface area contributed by atoms with Crippen molar-refractivity contribution in [3.8, 4) is 0 Å². The molecule has 0 saturated carbocycles. The number of carbonyl (C=O) groups is 1. The maximum Gasteiger partial charge on any atom is 0.356 e. The van der Waals surface area contributed by atoms with Crippen molar-refractivity contribution in [3.63, 3.8) is 0 Å². The standard InChI is InChI=1S/C7H9ClN2O2.ClH/c1-10-5(7(11)12-2)4-9-6(10)3-8;/h4H,3H2,1-2H3;1H. The predicted octanol–water partition coefficient (Wildman–Crippen LogP) is 1.37. The molecule has 0 atom stereocenters. The van der Waals surface area contributed by atoms with Crippen LogP contribution in [-0.4, -0.2) is 22.6 Å². The molecule has 0 bridgehead atoms. The van der Waals surface area contributed by atoms with Gasteiger partial charge in [-0.25, -0.2) is 9.78 Å². The number of rotatable bonds is 2. The Morgan fingerprint density at radius 2 is 2.38 bits per heavy atom. The summed E-state index contributed by atoms with van der Waals surface area (Å²) in [5.41, 5.74) is 0.410. The molecular weight excluding hydrogens is 215 g/mol.